The Morgan fingerprint density at radius 2 is 2.26 bits per heavy atom. The summed E-state index contributed by atoms with van der Waals surface area (Å²) in [4.78, 5) is 20.8. The Bertz CT molecular complexity index is 890. The van der Waals surface area contributed by atoms with Crippen LogP contribution in [0.1, 0.15) is 29.5 Å². The summed E-state index contributed by atoms with van der Waals surface area (Å²) in [6.07, 6.45) is 4.14. The third-order valence-electron chi connectivity index (χ3n) is 4.28. The Balaban J connectivity index is 1.65. The van der Waals surface area contributed by atoms with Crippen LogP contribution in [0, 0.1) is 0 Å². The van der Waals surface area contributed by atoms with Crippen molar-refractivity contribution in [3.05, 3.63) is 67.3 Å². The zero-order valence-electron chi connectivity index (χ0n) is 12.5. The molecule has 0 N–H and O–H groups in total. The first-order chi connectivity index (χ1) is 11.2. The highest BCUT2D eigenvalue weighted by molar-refractivity contribution is 9.10. The van der Waals surface area contributed by atoms with Gasteiger partial charge in [-0.15, -0.1) is 11.3 Å². The third kappa shape index (κ3) is 2.98. The van der Waals surface area contributed by atoms with E-state index in [9.17, 15) is 4.79 Å². The van der Waals surface area contributed by atoms with E-state index in [2.05, 4.69) is 43.3 Å². The maximum absolute atomic E-state index is 12.3. The molecular formula is C17H16BrN3OS. The number of likely N-dealkylation sites (tertiary alicyclic amines) is 1. The van der Waals surface area contributed by atoms with Gasteiger partial charge in [-0.1, -0.05) is 6.07 Å². The summed E-state index contributed by atoms with van der Waals surface area (Å²) in [7, 11) is 0. The minimum Gasteiger partial charge on any atom is -0.290 e. The second-order valence-corrected chi connectivity index (χ2v) is 7.70. The van der Waals surface area contributed by atoms with Crippen LogP contribution in [-0.4, -0.2) is 20.8 Å². The van der Waals surface area contributed by atoms with Crippen LogP contribution in [0.3, 0.4) is 0 Å². The summed E-state index contributed by atoms with van der Waals surface area (Å²) in [5, 5.41) is 2.13. The Morgan fingerprint density at radius 3 is 3.09 bits per heavy atom. The first-order valence-electron chi connectivity index (χ1n) is 7.66. The zero-order chi connectivity index (χ0) is 15.8. The van der Waals surface area contributed by atoms with E-state index in [1.54, 1.807) is 16.7 Å². The van der Waals surface area contributed by atoms with Gasteiger partial charge in [-0.05, 0) is 58.9 Å². The molecule has 3 aromatic heterocycles. The topological polar surface area (TPSA) is 37.6 Å². The van der Waals surface area contributed by atoms with Gasteiger partial charge in [0.05, 0.1) is 5.69 Å². The lowest BCUT2D eigenvalue weighted by Crippen LogP contribution is -2.25. The molecule has 0 amide bonds. The van der Waals surface area contributed by atoms with E-state index in [1.807, 2.05) is 23.5 Å². The average molecular weight is 390 g/mol. The van der Waals surface area contributed by atoms with Gasteiger partial charge in [0, 0.05) is 34.2 Å². The number of hydrogen-bond acceptors (Lipinski definition) is 4. The van der Waals surface area contributed by atoms with Crippen LogP contribution < -0.4 is 5.56 Å². The number of aromatic nitrogens is 2. The van der Waals surface area contributed by atoms with Gasteiger partial charge < -0.3 is 0 Å². The fourth-order valence-electron chi connectivity index (χ4n) is 3.23. The summed E-state index contributed by atoms with van der Waals surface area (Å²) < 4.78 is 2.45. The molecule has 4 heterocycles. The molecule has 0 aromatic carbocycles. The molecule has 4 rings (SSSR count). The first-order valence-corrected chi connectivity index (χ1v) is 9.33. The van der Waals surface area contributed by atoms with Gasteiger partial charge in [-0.25, -0.2) is 4.98 Å². The molecule has 3 aromatic rings. The summed E-state index contributed by atoms with van der Waals surface area (Å²) in [5.41, 5.74) is 1.52. The smallest absolute Gasteiger partial charge is 0.258 e. The third-order valence-corrected chi connectivity index (χ3v) is 5.72. The van der Waals surface area contributed by atoms with E-state index in [-0.39, 0.29) is 5.56 Å². The lowest BCUT2D eigenvalue weighted by atomic mass is 10.2. The van der Waals surface area contributed by atoms with Gasteiger partial charge in [0.25, 0.3) is 5.56 Å². The van der Waals surface area contributed by atoms with Crippen molar-refractivity contribution >= 4 is 32.9 Å². The summed E-state index contributed by atoms with van der Waals surface area (Å²) in [6, 6.07) is 10.2. The SMILES string of the molecule is O=c1cc(CN2CCCC2c2cccs2)nc2ccc(Br)cn12. The highest BCUT2D eigenvalue weighted by Gasteiger charge is 2.27. The van der Waals surface area contributed by atoms with Crippen LogP contribution >= 0.6 is 27.3 Å². The molecule has 1 aliphatic heterocycles. The minimum absolute atomic E-state index is 0.0295. The van der Waals surface area contributed by atoms with Crippen LogP contribution in [-0.2, 0) is 6.54 Å². The maximum atomic E-state index is 12.3. The van der Waals surface area contributed by atoms with Gasteiger partial charge in [-0.2, -0.15) is 0 Å². The van der Waals surface area contributed by atoms with E-state index in [0.29, 0.717) is 11.7 Å². The van der Waals surface area contributed by atoms with Crippen LogP contribution in [0.5, 0.6) is 0 Å². The van der Waals surface area contributed by atoms with E-state index in [0.717, 1.165) is 23.3 Å². The Morgan fingerprint density at radius 1 is 1.35 bits per heavy atom. The monoisotopic (exact) mass is 389 g/mol. The summed E-state index contributed by atoms with van der Waals surface area (Å²) in [6.45, 7) is 1.79. The number of nitrogens with zero attached hydrogens (tertiary/aromatic N) is 3. The van der Waals surface area contributed by atoms with Crippen molar-refractivity contribution < 1.29 is 0 Å². The van der Waals surface area contributed by atoms with Crippen LogP contribution in [0.15, 0.2) is 51.2 Å². The van der Waals surface area contributed by atoms with Gasteiger partial charge in [0.15, 0.2) is 0 Å². The Kier molecular flexibility index (Phi) is 4.05. The second-order valence-electron chi connectivity index (χ2n) is 5.81. The van der Waals surface area contributed by atoms with Crippen molar-refractivity contribution in [1.29, 1.82) is 0 Å². The minimum atomic E-state index is -0.0295. The molecule has 6 heteroatoms. The van der Waals surface area contributed by atoms with E-state index < -0.39 is 0 Å². The average Bonchev–Trinajstić information content (AvgIpc) is 3.19. The molecule has 0 radical (unpaired) electrons. The lowest BCUT2D eigenvalue weighted by molar-refractivity contribution is 0.248. The normalized spacial score (nSPS) is 18.7. The molecule has 1 aliphatic rings. The molecule has 4 nitrogen and oxygen atoms in total. The molecular weight excluding hydrogens is 374 g/mol. The second kappa shape index (κ2) is 6.19. The van der Waals surface area contributed by atoms with E-state index in [4.69, 9.17) is 0 Å². The van der Waals surface area contributed by atoms with Crippen molar-refractivity contribution in [2.75, 3.05) is 6.54 Å². The highest BCUT2D eigenvalue weighted by atomic mass is 79.9. The molecule has 23 heavy (non-hydrogen) atoms. The van der Waals surface area contributed by atoms with E-state index >= 15 is 0 Å². The van der Waals surface area contributed by atoms with Crippen molar-refractivity contribution in [3.63, 3.8) is 0 Å². The highest BCUT2D eigenvalue weighted by Crippen LogP contribution is 2.35. The van der Waals surface area contributed by atoms with Crippen molar-refractivity contribution in [3.8, 4) is 0 Å². The molecule has 1 fully saturated rings. The van der Waals surface area contributed by atoms with Crippen LogP contribution in [0.4, 0.5) is 0 Å². The predicted octanol–water partition coefficient (Wildman–Crippen LogP) is 3.86. The predicted molar refractivity (Wildman–Crippen MR) is 95.9 cm³/mol. The standard InChI is InChI=1S/C17H16BrN3OS/c18-12-5-6-16-19-13(9-17(22)21(16)10-12)11-20-7-1-3-14(20)15-4-2-8-23-15/h2,4-6,8-10,14H,1,3,7,11H2. The molecule has 0 aliphatic carbocycles. The van der Waals surface area contributed by atoms with Crippen molar-refractivity contribution in [1.82, 2.24) is 14.3 Å². The van der Waals surface area contributed by atoms with E-state index in [1.165, 1.54) is 17.7 Å². The molecule has 118 valence electrons. The quantitative estimate of drug-likeness (QED) is 0.682. The van der Waals surface area contributed by atoms with Gasteiger partial charge in [-0.3, -0.25) is 14.1 Å². The molecule has 1 atom stereocenters. The molecule has 1 saturated heterocycles. The number of hydrogen-bond donors (Lipinski definition) is 0. The fourth-order valence-corrected chi connectivity index (χ4v) is 4.47. The first kappa shape index (κ1) is 15.1. The zero-order valence-corrected chi connectivity index (χ0v) is 14.9. The van der Waals surface area contributed by atoms with Gasteiger partial charge >= 0.3 is 0 Å². The number of pyridine rings is 1. The van der Waals surface area contributed by atoms with Crippen molar-refractivity contribution in [2.45, 2.75) is 25.4 Å². The number of fused-ring (bicyclic) bond motifs is 1. The van der Waals surface area contributed by atoms with Gasteiger partial charge in [0.1, 0.15) is 5.65 Å². The maximum Gasteiger partial charge on any atom is 0.258 e. The molecule has 1 unspecified atom stereocenters. The number of rotatable bonds is 3. The fraction of sp³-hybridized carbons (Fsp3) is 0.294. The summed E-state index contributed by atoms with van der Waals surface area (Å²) in [5.74, 6) is 0. The number of halogens is 1. The number of thiophene rings is 1. The molecule has 0 spiro atoms. The van der Waals surface area contributed by atoms with Crippen LogP contribution in [0.25, 0.3) is 5.65 Å². The molecule has 0 bridgehead atoms. The Hall–Kier alpha value is -1.50. The summed E-state index contributed by atoms with van der Waals surface area (Å²) >= 11 is 5.20. The lowest BCUT2D eigenvalue weighted by Gasteiger charge is -2.23. The van der Waals surface area contributed by atoms with Gasteiger partial charge in [0.2, 0.25) is 0 Å². The van der Waals surface area contributed by atoms with Crippen LogP contribution in [0.2, 0.25) is 0 Å². The molecule has 0 saturated carbocycles. The Labute approximate surface area is 146 Å². The van der Waals surface area contributed by atoms with Crippen molar-refractivity contribution in [2.24, 2.45) is 0 Å². The largest absolute Gasteiger partial charge is 0.290 e.